The first-order valence-corrected chi connectivity index (χ1v) is 12.9. The van der Waals surface area contributed by atoms with Crippen LogP contribution in [0.5, 0.6) is 11.5 Å². The summed E-state index contributed by atoms with van der Waals surface area (Å²) in [6.45, 7) is 17.7. The molecule has 0 spiro atoms. The number of hydrogen-bond acceptors (Lipinski definition) is 6. The molecule has 6 heteroatoms. The normalized spacial score (nSPS) is 13.7. The Labute approximate surface area is 234 Å². The first kappa shape index (κ1) is 28.3. The minimum absolute atomic E-state index is 0.229. The maximum absolute atomic E-state index is 12.2. The van der Waals surface area contributed by atoms with Crippen LogP contribution in [0.15, 0.2) is 91.1 Å². The predicted octanol–water partition coefficient (Wildman–Crippen LogP) is 7.40. The highest BCUT2D eigenvalue weighted by molar-refractivity contribution is 5.90. The van der Waals surface area contributed by atoms with Crippen molar-refractivity contribution in [2.45, 2.75) is 46.6 Å². The SMILES string of the molecule is C=C(C)C(=O)Oc1cc(OC(=O)C(=C)C)cc(-c2ccc(-c3ccc4c(c3)C(OC(=O)C(=C)C)CC4)cc2C)c1. The number of aryl methyl sites for hydroxylation is 2. The fraction of sp³-hybridized carbons (Fsp3) is 0.206. The van der Waals surface area contributed by atoms with Gasteiger partial charge in [0.15, 0.2) is 0 Å². The Morgan fingerprint density at radius 1 is 0.700 bits per heavy atom. The van der Waals surface area contributed by atoms with Crippen molar-refractivity contribution >= 4 is 17.9 Å². The third-order valence-corrected chi connectivity index (χ3v) is 6.64. The molecular formula is C34H32O6. The molecule has 0 aliphatic heterocycles. The quantitative estimate of drug-likeness (QED) is 0.170. The number of carbonyl (C=O) groups is 3. The molecule has 1 atom stereocenters. The van der Waals surface area contributed by atoms with Gasteiger partial charge in [-0.25, -0.2) is 14.4 Å². The lowest BCUT2D eigenvalue weighted by Gasteiger charge is -2.16. The lowest BCUT2D eigenvalue weighted by molar-refractivity contribution is -0.144. The van der Waals surface area contributed by atoms with Crippen molar-refractivity contribution in [2.24, 2.45) is 0 Å². The molecule has 40 heavy (non-hydrogen) atoms. The standard InChI is InChI=1S/C34H32O6/c1-19(2)32(35)38-27-15-26(16-28(18-27)39-33(36)20(3)4)29-12-10-24(14-22(29)7)25-9-8-23-11-13-31(30(23)17-25)40-34(37)21(5)6/h8-10,12,14-18,31H,1,3,5,11,13H2,2,4,6-7H3. The second-order valence-electron chi connectivity index (χ2n) is 10.2. The van der Waals surface area contributed by atoms with Crippen molar-refractivity contribution in [2.75, 3.05) is 0 Å². The summed E-state index contributed by atoms with van der Waals surface area (Å²) in [4.78, 5) is 36.5. The van der Waals surface area contributed by atoms with Crippen LogP contribution in [0.2, 0.25) is 0 Å². The van der Waals surface area contributed by atoms with Crippen LogP contribution in [-0.2, 0) is 25.5 Å². The number of carbonyl (C=O) groups excluding carboxylic acids is 3. The largest absolute Gasteiger partial charge is 0.454 e. The van der Waals surface area contributed by atoms with Crippen LogP contribution < -0.4 is 9.47 Å². The average Bonchev–Trinajstić information content (AvgIpc) is 3.30. The molecule has 204 valence electrons. The summed E-state index contributed by atoms with van der Waals surface area (Å²) in [5.41, 5.74) is 7.62. The van der Waals surface area contributed by atoms with E-state index in [1.54, 1.807) is 32.9 Å². The van der Waals surface area contributed by atoms with Crippen LogP contribution in [0.1, 0.15) is 50.0 Å². The van der Waals surface area contributed by atoms with Crippen molar-refractivity contribution < 1.29 is 28.6 Å². The maximum atomic E-state index is 12.2. The molecule has 0 aromatic heterocycles. The van der Waals surface area contributed by atoms with E-state index in [1.165, 1.54) is 11.6 Å². The fourth-order valence-corrected chi connectivity index (χ4v) is 4.50. The van der Waals surface area contributed by atoms with Crippen molar-refractivity contribution in [3.8, 4) is 33.8 Å². The number of esters is 3. The fourth-order valence-electron chi connectivity index (χ4n) is 4.50. The van der Waals surface area contributed by atoms with Gasteiger partial charge in [0.1, 0.15) is 17.6 Å². The molecule has 0 saturated carbocycles. The van der Waals surface area contributed by atoms with Crippen LogP contribution in [0.4, 0.5) is 0 Å². The van der Waals surface area contributed by atoms with E-state index in [0.29, 0.717) is 11.1 Å². The van der Waals surface area contributed by atoms with Gasteiger partial charge in [0, 0.05) is 22.8 Å². The monoisotopic (exact) mass is 536 g/mol. The van der Waals surface area contributed by atoms with E-state index in [4.69, 9.17) is 14.2 Å². The molecule has 4 rings (SSSR count). The molecule has 0 amide bonds. The van der Waals surface area contributed by atoms with Gasteiger partial charge in [0.25, 0.3) is 0 Å². The second kappa shape index (κ2) is 11.6. The summed E-state index contributed by atoms with van der Waals surface area (Å²) in [7, 11) is 0. The molecule has 1 aliphatic rings. The van der Waals surface area contributed by atoms with E-state index in [1.807, 2.05) is 19.1 Å². The van der Waals surface area contributed by atoms with Crippen molar-refractivity contribution in [1.82, 2.24) is 0 Å². The molecule has 6 nitrogen and oxygen atoms in total. The number of benzene rings is 3. The lowest BCUT2D eigenvalue weighted by Crippen LogP contribution is -2.10. The van der Waals surface area contributed by atoms with Gasteiger partial charge < -0.3 is 14.2 Å². The number of ether oxygens (including phenoxy) is 3. The second-order valence-corrected chi connectivity index (χ2v) is 10.2. The Morgan fingerprint density at radius 2 is 1.25 bits per heavy atom. The van der Waals surface area contributed by atoms with Gasteiger partial charge in [-0.05, 0) is 97.7 Å². The zero-order valence-corrected chi connectivity index (χ0v) is 23.3. The van der Waals surface area contributed by atoms with Gasteiger partial charge >= 0.3 is 17.9 Å². The average molecular weight is 537 g/mol. The van der Waals surface area contributed by atoms with Gasteiger partial charge in [-0.1, -0.05) is 50.1 Å². The summed E-state index contributed by atoms with van der Waals surface area (Å²) >= 11 is 0. The van der Waals surface area contributed by atoms with Crippen LogP contribution in [0.25, 0.3) is 22.3 Å². The van der Waals surface area contributed by atoms with E-state index in [-0.39, 0.29) is 34.7 Å². The third-order valence-electron chi connectivity index (χ3n) is 6.64. The van der Waals surface area contributed by atoms with E-state index >= 15 is 0 Å². The number of rotatable bonds is 8. The van der Waals surface area contributed by atoms with Gasteiger partial charge in [-0.15, -0.1) is 0 Å². The van der Waals surface area contributed by atoms with E-state index < -0.39 is 11.9 Å². The van der Waals surface area contributed by atoms with E-state index in [9.17, 15) is 14.4 Å². The molecule has 0 fully saturated rings. The molecule has 0 N–H and O–H groups in total. The van der Waals surface area contributed by atoms with Crippen LogP contribution in [0, 0.1) is 6.92 Å². The van der Waals surface area contributed by atoms with Gasteiger partial charge in [-0.3, -0.25) is 0 Å². The van der Waals surface area contributed by atoms with Gasteiger partial charge in [0.2, 0.25) is 0 Å². The molecule has 0 saturated heterocycles. The van der Waals surface area contributed by atoms with Gasteiger partial charge in [0.05, 0.1) is 0 Å². The highest BCUT2D eigenvalue weighted by atomic mass is 16.6. The molecule has 0 radical (unpaired) electrons. The van der Waals surface area contributed by atoms with Crippen LogP contribution in [-0.4, -0.2) is 17.9 Å². The first-order valence-electron chi connectivity index (χ1n) is 12.9. The Kier molecular flexibility index (Phi) is 8.19. The minimum atomic E-state index is -0.578. The zero-order chi connectivity index (χ0) is 29.1. The van der Waals surface area contributed by atoms with E-state index in [0.717, 1.165) is 40.7 Å². The third kappa shape index (κ3) is 6.29. The highest BCUT2D eigenvalue weighted by Crippen LogP contribution is 2.39. The molecule has 0 heterocycles. The molecule has 0 bridgehead atoms. The first-order chi connectivity index (χ1) is 18.9. The Bertz CT molecular complexity index is 1530. The van der Waals surface area contributed by atoms with Crippen molar-refractivity contribution in [3.63, 3.8) is 0 Å². The highest BCUT2D eigenvalue weighted by Gasteiger charge is 2.26. The summed E-state index contributed by atoms with van der Waals surface area (Å²) < 4.78 is 16.6. The van der Waals surface area contributed by atoms with E-state index in [2.05, 4.69) is 44.0 Å². The predicted molar refractivity (Wildman–Crippen MR) is 155 cm³/mol. The summed E-state index contributed by atoms with van der Waals surface area (Å²) in [6, 6.07) is 17.2. The zero-order valence-electron chi connectivity index (χ0n) is 23.3. The lowest BCUT2D eigenvalue weighted by atomic mass is 9.94. The van der Waals surface area contributed by atoms with Gasteiger partial charge in [-0.2, -0.15) is 0 Å². The van der Waals surface area contributed by atoms with Crippen LogP contribution >= 0.6 is 0 Å². The smallest absolute Gasteiger partial charge is 0.338 e. The Hall–Kier alpha value is -4.71. The summed E-state index contributed by atoms with van der Waals surface area (Å²) in [6.07, 6.45) is 1.32. The topological polar surface area (TPSA) is 78.9 Å². The maximum Gasteiger partial charge on any atom is 0.338 e. The molecular weight excluding hydrogens is 504 g/mol. The molecule has 1 unspecified atom stereocenters. The number of fused-ring (bicyclic) bond motifs is 1. The Morgan fingerprint density at radius 3 is 1.80 bits per heavy atom. The summed E-state index contributed by atoms with van der Waals surface area (Å²) in [5.74, 6) is -1.08. The minimum Gasteiger partial charge on any atom is -0.454 e. The summed E-state index contributed by atoms with van der Waals surface area (Å²) in [5, 5.41) is 0. The molecule has 3 aromatic carbocycles. The number of hydrogen-bond donors (Lipinski definition) is 0. The molecule has 1 aliphatic carbocycles. The van der Waals surface area contributed by atoms with Crippen molar-refractivity contribution in [3.05, 3.63) is 108 Å². The molecule has 3 aromatic rings. The Balaban J connectivity index is 1.68. The van der Waals surface area contributed by atoms with Crippen molar-refractivity contribution in [1.29, 1.82) is 0 Å². The van der Waals surface area contributed by atoms with Crippen LogP contribution in [0.3, 0.4) is 0 Å².